The minimum atomic E-state index is 0.651. The lowest BCUT2D eigenvalue weighted by molar-refractivity contribution is 0.669. The van der Waals surface area contributed by atoms with E-state index in [1.54, 1.807) is 0 Å². The Labute approximate surface area is 350 Å². The van der Waals surface area contributed by atoms with Gasteiger partial charge in [0.2, 0.25) is 5.95 Å². The van der Waals surface area contributed by atoms with Crippen molar-refractivity contribution in [1.82, 2.24) is 19.1 Å². The molecule has 0 aliphatic heterocycles. The van der Waals surface area contributed by atoms with E-state index in [9.17, 15) is 0 Å². The van der Waals surface area contributed by atoms with Crippen molar-refractivity contribution in [1.29, 1.82) is 0 Å². The zero-order valence-corrected chi connectivity index (χ0v) is 32.8. The van der Waals surface area contributed by atoms with Crippen LogP contribution >= 0.6 is 0 Å². The largest absolute Gasteiger partial charge is 0.456 e. The van der Waals surface area contributed by atoms with Gasteiger partial charge in [0.25, 0.3) is 0 Å². The second-order valence-electron chi connectivity index (χ2n) is 15.8. The van der Waals surface area contributed by atoms with Gasteiger partial charge in [-0.15, -0.1) is 0 Å². The Morgan fingerprint density at radius 1 is 0.344 bits per heavy atom. The Morgan fingerprint density at radius 3 is 1.69 bits per heavy atom. The Bertz CT molecular complexity index is 3880. The molecule has 4 aromatic heterocycles. The summed E-state index contributed by atoms with van der Waals surface area (Å²) in [7, 11) is 0. The molecule has 5 nitrogen and oxygen atoms in total. The molecule has 5 heteroatoms. The third-order valence-electron chi connectivity index (χ3n) is 12.3. The number of hydrogen-bond acceptors (Lipinski definition) is 3. The van der Waals surface area contributed by atoms with Gasteiger partial charge in [-0.3, -0.25) is 4.57 Å². The lowest BCUT2D eigenvalue weighted by atomic mass is 9.96. The molecule has 61 heavy (non-hydrogen) atoms. The molecule has 284 valence electrons. The number of hydrogen-bond donors (Lipinski definition) is 0. The van der Waals surface area contributed by atoms with Crippen LogP contribution in [0.4, 0.5) is 0 Å². The average molecular weight is 779 g/mol. The fourth-order valence-corrected chi connectivity index (χ4v) is 9.59. The molecule has 4 heterocycles. The van der Waals surface area contributed by atoms with Gasteiger partial charge in [-0.2, -0.15) is 0 Å². The van der Waals surface area contributed by atoms with Gasteiger partial charge in [0, 0.05) is 49.0 Å². The minimum Gasteiger partial charge on any atom is -0.456 e. The standard InChI is InChI=1S/C56H34N4O/c1-3-14-35(15-4-1)55-43-20-7-10-22-47(43)57-56(58-55)60-49-24-12-9-19-42(49)44-32-36(26-29-51(44)60)37-28-31-52-46(33-37)54-40(21-13-25-53(54)61-52)38-27-30-50-45(34-38)41-18-8-11-23-48(41)59(50)39-16-5-2-6-17-39/h1-34H. The molecule has 0 atom stereocenters. The third-order valence-corrected chi connectivity index (χ3v) is 12.3. The summed E-state index contributed by atoms with van der Waals surface area (Å²) in [5.41, 5.74) is 14.8. The lowest BCUT2D eigenvalue weighted by Crippen LogP contribution is -2.03. The summed E-state index contributed by atoms with van der Waals surface area (Å²) in [4.78, 5) is 10.4. The minimum absolute atomic E-state index is 0.651. The quantitative estimate of drug-likeness (QED) is 0.175. The van der Waals surface area contributed by atoms with Gasteiger partial charge in [0.1, 0.15) is 11.2 Å². The van der Waals surface area contributed by atoms with Crippen LogP contribution in [0.15, 0.2) is 211 Å². The van der Waals surface area contributed by atoms with E-state index in [2.05, 4.69) is 203 Å². The summed E-state index contributed by atoms with van der Waals surface area (Å²) in [6.45, 7) is 0. The van der Waals surface area contributed by atoms with Crippen LogP contribution in [0.3, 0.4) is 0 Å². The predicted octanol–water partition coefficient (Wildman–Crippen LogP) is 14.7. The first-order valence-corrected chi connectivity index (χ1v) is 20.7. The van der Waals surface area contributed by atoms with E-state index in [4.69, 9.17) is 14.4 Å². The summed E-state index contributed by atoms with van der Waals surface area (Å²) in [6.07, 6.45) is 0. The van der Waals surface area contributed by atoms with Gasteiger partial charge in [-0.25, -0.2) is 9.97 Å². The fourth-order valence-electron chi connectivity index (χ4n) is 9.59. The zero-order chi connectivity index (χ0) is 40.0. The van der Waals surface area contributed by atoms with Crippen molar-refractivity contribution in [3.8, 4) is 45.1 Å². The smallest absolute Gasteiger partial charge is 0.235 e. The molecule has 0 saturated heterocycles. The molecule has 13 aromatic rings. The lowest BCUT2D eigenvalue weighted by Gasteiger charge is -2.12. The second-order valence-corrected chi connectivity index (χ2v) is 15.8. The van der Waals surface area contributed by atoms with Crippen molar-refractivity contribution >= 4 is 76.5 Å². The van der Waals surface area contributed by atoms with Crippen molar-refractivity contribution in [3.63, 3.8) is 0 Å². The molecule has 0 aliphatic carbocycles. The third kappa shape index (κ3) is 5.14. The van der Waals surface area contributed by atoms with Crippen LogP contribution in [0.5, 0.6) is 0 Å². The second kappa shape index (κ2) is 13.1. The number of furan rings is 1. The highest BCUT2D eigenvalue weighted by Gasteiger charge is 2.20. The van der Waals surface area contributed by atoms with Gasteiger partial charge in [0.05, 0.1) is 33.3 Å². The molecule has 0 fully saturated rings. The highest BCUT2D eigenvalue weighted by molar-refractivity contribution is 6.16. The summed E-state index contributed by atoms with van der Waals surface area (Å²) in [5.74, 6) is 0.651. The molecule has 0 unspecified atom stereocenters. The van der Waals surface area contributed by atoms with Crippen molar-refractivity contribution in [3.05, 3.63) is 206 Å². The highest BCUT2D eigenvalue weighted by atomic mass is 16.3. The number of nitrogens with zero attached hydrogens (tertiary/aromatic N) is 4. The average Bonchev–Trinajstić information content (AvgIpc) is 3.99. The van der Waals surface area contributed by atoms with E-state index < -0.39 is 0 Å². The van der Waals surface area contributed by atoms with E-state index in [0.29, 0.717) is 5.95 Å². The maximum absolute atomic E-state index is 6.56. The normalized spacial score (nSPS) is 11.9. The molecule has 0 radical (unpaired) electrons. The van der Waals surface area contributed by atoms with E-state index >= 15 is 0 Å². The molecule has 9 aromatic carbocycles. The predicted molar refractivity (Wildman–Crippen MR) is 252 cm³/mol. The van der Waals surface area contributed by atoms with Crippen molar-refractivity contribution in [2.75, 3.05) is 0 Å². The highest BCUT2D eigenvalue weighted by Crippen LogP contribution is 2.42. The van der Waals surface area contributed by atoms with Crippen LogP contribution in [0.1, 0.15) is 0 Å². The number of fused-ring (bicyclic) bond motifs is 10. The number of aromatic nitrogens is 4. The van der Waals surface area contributed by atoms with Crippen LogP contribution in [0.25, 0.3) is 122 Å². The zero-order valence-electron chi connectivity index (χ0n) is 32.8. The molecule has 13 rings (SSSR count). The van der Waals surface area contributed by atoms with Gasteiger partial charge in [-0.05, 0) is 95.1 Å². The summed E-state index contributed by atoms with van der Waals surface area (Å²) < 4.78 is 11.1. The summed E-state index contributed by atoms with van der Waals surface area (Å²) in [5, 5.41) is 7.99. The van der Waals surface area contributed by atoms with Gasteiger partial charge < -0.3 is 8.98 Å². The van der Waals surface area contributed by atoms with Gasteiger partial charge in [-0.1, -0.05) is 133 Å². The van der Waals surface area contributed by atoms with Crippen LogP contribution in [0.2, 0.25) is 0 Å². The van der Waals surface area contributed by atoms with Crippen molar-refractivity contribution in [2.24, 2.45) is 0 Å². The molecule has 0 aliphatic rings. The van der Waals surface area contributed by atoms with Gasteiger partial charge in [0.15, 0.2) is 0 Å². The maximum atomic E-state index is 6.56. The molecule has 0 saturated carbocycles. The Morgan fingerprint density at radius 2 is 0.918 bits per heavy atom. The summed E-state index contributed by atoms with van der Waals surface area (Å²) in [6, 6.07) is 73.1. The van der Waals surface area contributed by atoms with E-state index in [0.717, 1.165) is 93.8 Å². The number of rotatable bonds is 5. The van der Waals surface area contributed by atoms with Gasteiger partial charge >= 0.3 is 0 Å². The molecule has 0 spiro atoms. The van der Waals surface area contributed by atoms with Crippen LogP contribution in [0, 0.1) is 0 Å². The van der Waals surface area contributed by atoms with Crippen molar-refractivity contribution < 1.29 is 4.42 Å². The Hall–Kier alpha value is -8.28. The fraction of sp³-hybridized carbons (Fsp3) is 0. The SMILES string of the molecule is c1ccc(-c2nc(-n3c4ccccc4c4cc(-c5ccc6oc7cccc(-c8ccc9c(c8)c8ccccc8n9-c8ccccc8)c7c6c5)ccc43)nc3ccccc23)cc1. The molecule has 0 N–H and O–H groups in total. The van der Waals surface area contributed by atoms with Crippen LogP contribution in [-0.4, -0.2) is 19.1 Å². The Kier molecular flexibility index (Phi) is 7.24. The topological polar surface area (TPSA) is 48.8 Å². The van der Waals surface area contributed by atoms with E-state index in [-0.39, 0.29) is 0 Å². The van der Waals surface area contributed by atoms with E-state index in [1.165, 1.54) is 21.8 Å². The first-order valence-electron chi connectivity index (χ1n) is 20.7. The summed E-state index contributed by atoms with van der Waals surface area (Å²) >= 11 is 0. The molecular weight excluding hydrogens is 745 g/mol. The molecule has 0 amide bonds. The van der Waals surface area contributed by atoms with Crippen LogP contribution < -0.4 is 0 Å². The maximum Gasteiger partial charge on any atom is 0.235 e. The monoisotopic (exact) mass is 778 g/mol. The van der Waals surface area contributed by atoms with Crippen LogP contribution in [-0.2, 0) is 0 Å². The van der Waals surface area contributed by atoms with Crippen molar-refractivity contribution in [2.45, 2.75) is 0 Å². The number of benzene rings is 9. The molecule has 0 bridgehead atoms. The first kappa shape index (κ1) is 33.7. The Balaban J connectivity index is 0.969. The van der Waals surface area contributed by atoms with E-state index in [1.807, 2.05) is 12.1 Å². The number of para-hydroxylation sites is 4. The molecular formula is C56H34N4O. The first-order chi connectivity index (χ1) is 30.2.